The van der Waals surface area contributed by atoms with Crippen molar-refractivity contribution in [2.24, 2.45) is 23.7 Å². The lowest BCUT2D eigenvalue weighted by Gasteiger charge is -2.28. The monoisotopic (exact) mass is 334 g/mol. The zero-order valence-electron chi connectivity index (χ0n) is 14.6. The summed E-state index contributed by atoms with van der Waals surface area (Å²) in [6.07, 6.45) is 6.07. The van der Waals surface area contributed by atoms with Crippen molar-refractivity contribution in [3.63, 3.8) is 0 Å². The SMILES string of the molecule is C1=CC2CC1[C@@H](COCc1ccccc1)[C@H]2COCc1ccccc1. The molecular formula is C23H26O2. The van der Waals surface area contributed by atoms with Crippen LogP contribution in [0.2, 0.25) is 0 Å². The predicted octanol–water partition coefficient (Wildman–Crippen LogP) is 4.86. The molecule has 2 aliphatic carbocycles. The normalized spacial score (nSPS) is 27.0. The number of allylic oxidation sites excluding steroid dienone is 2. The van der Waals surface area contributed by atoms with Gasteiger partial charge in [0, 0.05) is 0 Å². The van der Waals surface area contributed by atoms with Crippen LogP contribution in [-0.4, -0.2) is 13.2 Å². The van der Waals surface area contributed by atoms with Gasteiger partial charge in [-0.2, -0.15) is 0 Å². The number of rotatable bonds is 8. The van der Waals surface area contributed by atoms with Crippen molar-refractivity contribution in [2.75, 3.05) is 13.2 Å². The topological polar surface area (TPSA) is 18.5 Å². The van der Waals surface area contributed by atoms with Gasteiger partial charge in [-0.05, 0) is 41.2 Å². The van der Waals surface area contributed by atoms with E-state index in [-0.39, 0.29) is 0 Å². The van der Waals surface area contributed by atoms with Crippen molar-refractivity contribution in [1.82, 2.24) is 0 Å². The Labute approximate surface area is 150 Å². The average Bonchev–Trinajstić information content (AvgIpc) is 3.26. The number of benzene rings is 2. The van der Waals surface area contributed by atoms with E-state index in [2.05, 4.69) is 60.7 Å². The van der Waals surface area contributed by atoms with Crippen molar-refractivity contribution in [3.05, 3.63) is 83.9 Å². The maximum absolute atomic E-state index is 6.06. The molecule has 25 heavy (non-hydrogen) atoms. The van der Waals surface area contributed by atoms with Crippen LogP contribution in [0.5, 0.6) is 0 Å². The second kappa shape index (κ2) is 7.99. The summed E-state index contributed by atoms with van der Waals surface area (Å²) in [6.45, 7) is 3.07. The Balaban J connectivity index is 1.28. The molecule has 0 radical (unpaired) electrons. The summed E-state index contributed by atoms with van der Waals surface area (Å²) in [5.74, 6) is 2.53. The fraction of sp³-hybridized carbons (Fsp3) is 0.391. The molecule has 2 nitrogen and oxygen atoms in total. The zero-order valence-corrected chi connectivity index (χ0v) is 14.6. The Hall–Kier alpha value is -1.90. The van der Waals surface area contributed by atoms with E-state index in [1.807, 2.05) is 12.1 Å². The van der Waals surface area contributed by atoms with E-state index in [1.54, 1.807) is 0 Å². The molecule has 2 aliphatic rings. The third kappa shape index (κ3) is 4.02. The molecule has 2 unspecified atom stereocenters. The van der Waals surface area contributed by atoms with E-state index in [0.717, 1.165) is 13.2 Å². The number of ether oxygens (including phenoxy) is 2. The Morgan fingerprint density at radius 3 is 1.52 bits per heavy atom. The van der Waals surface area contributed by atoms with Gasteiger partial charge in [0.1, 0.15) is 0 Å². The first-order valence-corrected chi connectivity index (χ1v) is 9.32. The van der Waals surface area contributed by atoms with E-state index in [1.165, 1.54) is 17.5 Å². The molecule has 0 saturated heterocycles. The Kier molecular flexibility index (Phi) is 5.29. The van der Waals surface area contributed by atoms with Crippen LogP contribution >= 0.6 is 0 Å². The maximum Gasteiger partial charge on any atom is 0.0717 e. The van der Waals surface area contributed by atoms with Crippen LogP contribution in [-0.2, 0) is 22.7 Å². The minimum Gasteiger partial charge on any atom is -0.376 e. The first kappa shape index (κ1) is 16.6. The first-order valence-electron chi connectivity index (χ1n) is 9.32. The molecule has 4 rings (SSSR count). The van der Waals surface area contributed by atoms with Gasteiger partial charge in [0.25, 0.3) is 0 Å². The minimum absolute atomic E-state index is 0.592. The van der Waals surface area contributed by atoms with Gasteiger partial charge in [0.05, 0.1) is 26.4 Å². The minimum atomic E-state index is 0.592. The zero-order chi connectivity index (χ0) is 16.9. The summed E-state index contributed by atoms with van der Waals surface area (Å²) in [4.78, 5) is 0. The fourth-order valence-electron chi connectivity index (χ4n) is 4.30. The van der Waals surface area contributed by atoms with Crippen molar-refractivity contribution in [1.29, 1.82) is 0 Å². The molecule has 0 spiro atoms. The lowest BCUT2D eigenvalue weighted by atomic mass is 9.84. The standard InChI is InChI=1S/C23H26O2/c1-3-7-18(8-4-1)14-24-16-22-20-11-12-21(13-20)23(22)17-25-15-19-9-5-2-6-10-19/h1-12,20-23H,13-17H2/t20?,21?,22-,23+. The van der Waals surface area contributed by atoms with Crippen LogP contribution in [0.3, 0.4) is 0 Å². The van der Waals surface area contributed by atoms with Crippen LogP contribution in [0.1, 0.15) is 17.5 Å². The third-order valence-corrected chi connectivity index (χ3v) is 5.64. The molecule has 0 amide bonds. The lowest BCUT2D eigenvalue weighted by molar-refractivity contribution is 0.0176. The fourth-order valence-corrected chi connectivity index (χ4v) is 4.30. The second-order valence-electron chi connectivity index (χ2n) is 7.28. The van der Waals surface area contributed by atoms with Crippen LogP contribution in [0.4, 0.5) is 0 Å². The Morgan fingerprint density at radius 1 is 0.640 bits per heavy atom. The molecule has 0 heterocycles. The molecule has 2 heteroatoms. The van der Waals surface area contributed by atoms with Gasteiger partial charge in [0.15, 0.2) is 0 Å². The van der Waals surface area contributed by atoms with Crippen molar-refractivity contribution < 1.29 is 9.47 Å². The molecule has 0 aromatic heterocycles. The molecule has 0 N–H and O–H groups in total. The van der Waals surface area contributed by atoms with Gasteiger partial charge >= 0.3 is 0 Å². The van der Waals surface area contributed by atoms with E-state index in [0.29, 0.717) is 36.9 Å². The van der Waals surface area contributed by atoms with E-state index in [9.17, 15) is 0 Å². The lowest BCUT2D eigenvalue weighted by Crippen LogP contribution is -2.28. The summed E-state index contributed by atoms with van der Waals surface area (Å²) in [7, 11) is 0. The van der Waals surface area contributed by atoms with Gasteiger partial charge in [-0.1, -0.05) is 72.8 Å². The van der Waals surface area contributed by atoms with Crippen molar-refractivity contribution in [2.45, 2.75) is 19.6 Å². The predicted molar refractivity (Wildman–Crippen MR) is 99.9 cm³/mol. The first-order chi connectivity index (χ1) is 12.4. The van der Waals surface area contributed by atoms with Crippen LogP contribution in [0, 0.1) is 23.7 Å². The molecule has 1 saturated carbocycles. The number of hydrogen-bond donors (Lipinski definition) is 0. The molecule has 2 aromatic carbocycles. The summed E-state index contributed by atoms with van der Waals surface area (Å²) in [6, 6.07) is 20.9. The highest BCUT2D eigenvalue weighted by atomic mass is 16.5. The van der Waals surface area contributed by atoms with Gasteiger partial charge in [0.2, 0.25) is 0 Å². The van der Waals surface area contributed by atoms with Crippen molar-refractivity contribution >= 4 is 0 Å². The Morgan fingerprint density at radius 2 is 1.08 bits per heavy atom. The second-order valence-corrected chi connectivity index (χ2v) is 7.28. The highest BCUT2D eigenvalue weighted by molar-refractivity contribution is 5.16. The summed E-state index contributed by atoms with van der Waals surface area (Å²) >= 11 is 0. The molecule has 0 aliphatic heterocycles. The van der Waals surface area contributed by atoms with Gasteiger partial charge in [-0.3, -0.25) is 0 Å². The molecule has 2 bridgehead atoms. The van der Waals surface area contributed by atoms with E-state index >= 15 is 0 Å². The number of hydrogen-bond acceptors (Lipinski definition) is 2. The molecule has 4 atom stereocenters. The van der Waals surface area contributed by atoms with E-state index in [4.69, 9.17) is 9.47 Å². The van der Waals surface area contributed by atoms with Crippen molar-refractivity contribution in [3.8, 4) is 0 Å². The molecule has 1 fully saturated rings. The average molecular weight is 334 g/mol. The summed E-state index contributed by atoms with van der Waals surface area (Å²) in [5, 5.41) is 0. The van der Waals surface area contributed by atoms with Gasteiger partial charge in [-0.15, -0.1) is 0 Å². The summed E-state index contributed by atoms with van der Waals surface area (Å²) < 4.78 is 12.1. The molecular weight excluding hydrogens is 308 g/mol. The summed E-state index contributed by atoms with van der Waals surface area (Å²) in [5.41, 5.74) is 2.50. The number of fused-ring (bicyclic) bond motifs is 2. The quantitative estimate of drug-likeness (QED) is 0.642. The third-order valence-electron chi connectivity index (χ3n) is 5.64. The smallest absolute Gasteiger partial charge is 0.0717 e. The van der Waals surface area contributed by atoms with Gasteiger partial charge < -0.3 is 9.47 Å². The highest BCUT2D eigenvalue weighted by Gasteiger charge is 2.44. The maximum atomic E-state index is 6.06. The van der Waals surface area contributed by atoms with Crippen LogP contribution in [0.15, 0.2) is 72.8 Å². The largest absolute Gasteiger partial charge is 0.376 e. The Bertz CT molecular complexity index is 620. The van der Waals surface area contributed by atoms with Gasteiger partial charge in [-0.25, -0.2) is 0 Å². The van der Waals surface area contributed by atoms with Crippen LogP contribution in [0.25, 0.3) is 0 Å². The molecule has 2 aromatic rings. The molecule has 130 valence electrons. The van der Waals surface area contributed by atoms with Crippen LogP contribution < -0.4 is 0 Å². The highest BCUT2D eigenvalue weighted by Crippen LogP contribution is 2.48. The van der Waals surface area contributed by atoms with E-state index < -0.39 is 0 Å².